The lowest BCUT2D eigenvalue weighted by Crippen LogP contribution is -1.97. The van der Waals surface area contributed by atoms with E-state index in [1.807, 2.05) is 36.4 Å². The molecule has 2 heterocycles. The van der Waals surface area contributed by atoms with Crippen molar-refractivity contribution in [3.8, 4) is 78.4 Å². The molecule has 0 saturated carbocycles. The Kier molecular flexibility index (Phi) is 8.16. The minimum atomic E-state index is 0.682. The molecule has 8 aromatic carbocycles. The van der Waals surface area contributed by atoms with Crippen LogP contribution in [0.15, 0.2) is 211 Å². The molecule has 0 aliphatic carbocycles. The van der Waals surface area contributed by atoms with Crippen molar-refractivity contribution < 1.29 is 4.42 Å². The maximum absolute atomic E-state index is 6.61. The van der Waals surface area contributed by atoms with Gasteiger partial charge in [0.2, 0.25) is 0 Å². The van der Waals surface area contributed by atoms with Crippen LogP contribution < -0.4 is 0 Å². The van der Waals surface area contributed by atoms with Gasteiger partial charge in [-0.05, 0) is 75.3 Å². The predicted octanol–water partition coefficient (Wildman–Crippen LogP) is 14.0. The number of aromatic nitrogens is 2. The van der Waals surface area contributed by atoms with Crippen molar-refractivity contribution >= 4 is 21.9 Å². The number of benzene rings is 8. The number of hydrogen-bond acceptors (Lipinski definition) is 3. The molecule has 0 unspecified atom stereocenters. The lowest BCUT2D eigenvalue weighted by atomic mass is 9.89. The van der Waals surface area contributed by atoms with Crippen molar-refractivity contribution in [2.75, 3.05) is 0 Å². The molecular weight excluding hydrogens is 669 g/mol. The molecule has 0 aliphatic heterocycles. The molecule has 2 aromatic heterocycles. The van der Waals surface area contributed by atoms with Crippen molar-refractivity contribution in [3.63, 3.8) is 0 Å². The van der Waals surface area contributed by atoms with Gasteiger partial charge >= 0.3 is 0 Å². The average Bonchev–Trinajstić information content (AvgIpc) is 3.66. The second-order valence-corrected chi connectivity index (χ2v) is 13.8. The first kappa shape index (κ1) is 32.3. The Morgan fingerprint density at radius 3 is 1.51 bits per heavy atom. The van der Waals surface area contributed by atoms with E-state index in [1.54, 1.807) is 0 Å². The molecule has 3 heteroatoms. The third-order valence-corrected chi connectivity index (χ3v) is 10.3. The summed E-state index contributed by atoms with van der Waals surface area (Å²) in [6.45, 7) is 0. The van der Waals surface area contributed by atoms with Crippen LogP contribution in [0.2, 0.25) is 0 Å². The van der Waals surface area contributed by atoms with Crippen LogP contribution in [-0.4, -0.2) is 9.97 Å². The van der Waals surface area contributed by atoms with Crippen LogP contribution in [0.4, 0.5) is 0 Å². The molecule has 0 spiro atoms. The largest absolute Gasteiger partial charge is 0.455 e. The number of hydrogen-bond donors (Lipinski definition) is 0. The fourth-order valence-electron chi connectivity index (χ4n) is 7.61. The van der Waals surface area contributed by atoms with E-state index < -0.39 is 0 Å². The summed E-state index contributed by atoms with van der Waals surface area (Å²) in [6, 6.07) is 72.2. The summed E-state index contributed by atoms with van der Waals surface area (Å²) in [4.78, 5) is 10.3. The fourth-order valence-corrected chi connectivity index (χ4v) is 7.61. The smallest absolute Gasteiger partial charge is 0.160 e. The van der Waals surface area contributed by atoms with E-state index in [0.29, 0.717) is 5.82 Å². The molecule has 0 bridgehead atoms. The predicted molar refractivity (Wildman–Crippen MR) is 227 cm³/mol. The molecule has 0 atom stereocenters. The molecule has 0 radical (unpaired) electrons. The van der Waals surface area contributed by atoms with E-state index in [2.05, 4.69) is 170 Å². The van der Waals surface area contributed by atoms with Gasteiger partial charge in [-0.2, -0.15) is 0 Å². The molecule has 0 fully saturated rings. The van der Waals surface area contributed by atoms with Gasteiger partial charge in [0.25, 0.3) is 0 Å². The lowest BCUT2D eigenvalue weighted by molar-refractivity contribution is 0.670. The van der Waals surface area contributed by atoms with E-state index in [9.17, 15) is 0 Å². The SMILES string of the molecule is c1ccc(-c2cccc(-c3ccccc3-c3cc(-c4cc(-c5ccccc5)nc(-c5ccccc5)n4)cc(-c4cccc5c4oc4ccccc45)c3)c2)cc1. The van der Waals surface area contributed by atoms with Crippen LogP contribution in [0.5, 0.6) is 0 Å². The van der Waals surface area contributed by atoms with Crippen LogP contribution in [-0.2, 0) is 0 Å². The third-order valence-electron chi connectivity index (χ3n) is 10.3. The van der Waals surface area contributed by atoms with Crippen molar-refractivity contribution in [3.05, 3.63) is 206 Å². The van der Waals surface area contributed by atoms with Gasteiger partial charge in [-0.3, -0.25) is 0 Å². The molecule has 55 heavy (non-hydrogen) atoms. The van der Waals surface area contributed by atoms with E-state index in [4.69, 9.17) is 14.4 Å². The first-order chi connectivity index (χ1) is 27.2. The maximum Gasteiger partial charge on any atom is 0.160 e. The van der Waals surface area contributed by atoms with Crippen molar-refractivity contribution in [2.24, 2.45) is 0 Å². The number of nitrogens with zero attached hydrogens (tertiary/aromatic N) is 2. The summed E-state index contributed by atoms with van der Waals surface area (Å²) in [5.41, 5.74) is 15.4. The minimum absolute atomic E-state index is 0.682. The highest BCUT2D eigenvalue weighted by Crippen LogP contribution is 2.42. The third kappa shape index (κ3) is 6.18. The van der Waals surface area contributed by atoms with Crippen LogP contribution in [0.1, 0.15) is 0 Å². The zero-order valence-electron chi connectivity index (χ0n) is 29.9. The molecule has 258 valence electrons. The second-order valence-electron chi connectivity index (χ2n) is 13.8. The molecule has 3 nitrogen and oxygen atoms in total. The summed E-state index contributed by atoms with van der Waals surface area (Å²) < 4.78 is 6.61. The molecule has 0 N–H and O–H groups in total. The normalized spacial score (nSPS) is 11.3. The zero-order valence-corrected chi connectivity index (χ0v) is 29.9. The lowest BCUT2D eigenvalue weighted by Gasteiger charge is -2.16. The van der Waals surface area contributed by atoms with E-state index in [-0.39, 0.29) is 0 Å². The molecule has 10 rings (SSSR count). The van der Waals surface area contributed by atoms with Gasteiger partial charge in [-0.15, -0.1) is 0 Å². The monoisotopic (exact) mass is 702 g/mol. The molecule has 10 aromatic rings. The van der Waals surface area contributed by atoms with Gasteiger partial charge in [0.1, 0.15) is 11.2 Å². The van der Waals surface area contributed by atoms with E-state index in [0.717, 1.165) is 83.4 Å². The van der Waals surface area contributed by atoms with Gasteiger partial charge in [-0.25, -0.2) is 9.97 Å². The van der Waals surface area contributed by atoms with Crippen molar-refractivity contribution in [1.29, 1.82) is 0 Å². The van der Waals surface area contributed by atoms with Crippen LogP contribution in [0.3, 0.4) is 0 Å². The zero-order chi connectivity index (χ0) is 36.6. The molecule has 0 saturated heterocycles. The topological polar surface area (TPSA) is 38.9 Å². The summed E-state index contributed by atoms with van der Waals surface area (Å²) in [5, 5.41) is 2.20. The second kappa shape index (κ2) is 13.9. The summed E-state index contributed by atoms with van der Waals surface area (Å²) in [7, 11) is 0. The number of fused-ring (bicyclic) bond motifs is 3. The number of furan rings is 1. The Bertz CT molecular complexity index is 2910. The Hall–Kier alpha value is -7.36. The summed E-state index contributed by atoms with van der Waals surface area (Å²) >= 11 is 0. The van der Waals surface area contributed by atoms with Gasteiger partial charge in [0, 0.05) is 33.0 Å². The number of para-hydroxylation sites is 2. The van der Waals surface area contributed by atoms with Gasteiger partial charge in [0.05, 0.1) is 11.4 Å². The Morgan fingerprint density at radius 1 is 0.291 bits per heavy atom. The van der Waals surface area contributed by atoms with Gasteiger partial charge in [0.15, 0.2) is 5.82 Å². The highest BCUT2D eigenvalue weighted by atomic mass is 16.3. The Labute approximate surface area is 319 Å². The van der Waals surface area contributed by atoms with Crippen molar-refractivity contribution in [2.45, 2.75) is 0 Å². The fraction of sp³-hybridized carbons (Fsp3) is 0. The van der Waals surface area contributed by atoms with Gasteiger partial charge in [-0.1, -0.05) is 170 Å². The van der Waals surface area contributed by atoms with Crippen LogP contribution >= 0.6 is 0 Å². The quantitative estimate of drug-likeness (QED) is 0.166. The molecule has 0 amide bonds. The van der Waals surface area contributed by atoms with Crippen molar-refractivity contribution in [1.82, 2.24) is 9.97 Å². The van der Waals surface area contributed by atoms with E-state index >= 15 is 0 Å². The van der Waals surface area contributed by atoms with E-state index in [1.165, 1.54) is 11.1 Å². The van der Waals surface area contributed by atoms with Gasteiger partial charge < -0.3 is 4.42 Å². The highest BCUT2D eigenvalue weighted by molar-refractivity contribution is 6.10. The first-order valence-corrected chi connectivity index (χ1v) is 18.6. The maximum atomic E-state index is 6.61. The minimum Gasteiger partial charge on any atom is -0.455 e. The van der Waals surface area contributed by atoms with Crippen LogP contribution in [0.25, 0.3) is 100 Å². The van der Waals surface area contributed by atoms with Crippen LogP contribution in [0, 0.1) is 0 Å². The molecular formula is C52H34N2O. The Morgan fingerprint density at radius 2 is 0.764 bits per heavy atom. The standard InChI is InChI=1S/C52H34N2O/c1-4-16-35(17-5-1)38-22-14-23-39(30-38)43-24-10-11-25-44(43)40-31-41(45-27-15-28-47-46-26-12-13-29-50(46)55-51(45)47)33-42(32-40)49-34-48(36-18-6-2-7-19-36)53-52(54-49)37-20-8-3-9-21-37/h1-34H. The number of rotatable bonds is 7. The first-order valence-electron chi connectivity index (χ1n) is 18.6. The summed E-state index contributed by atoms with van der Waals surface area (Å²) in [6.07, 6.45) is 0. The summed E-state index contributed by atoms with van der Waals surface area (Å²) in [5.74, 6) is 0.682. The average molecular weight is 703 g/mol. The highest BCUT2D eigenvalue weighted by Gasteiger charge is 2.18. The molecule has 0 aliphatic rings. The Balaban J connectivity index is 1.22.